The number of nitrogens with zero attached hydrogens (tertiary/aromatic N) is 1. The highest BCUT2D eigenvalue weighted by atomic mass is 127. The van der Waals surface area contributed by atoms with Gasteiger partial charge in [-0.1, -0.05) is 45.5 Å². The average molecular weight is 339 g/mol. The highest BCUT2D eigenvalue weighted by Gasteiger charge is 2.22. The lowest BCUT2D eigenvalue weighted by molar-refractivity contribution is -0.698. The molecular weight excluding hydrogens is 317 g/mol. The van der Waals surface area contributed by atoms with Gasteiger partial charge in [0.1, 0.15) is 6.54 Å². The van der Waals surface area contributed by atoms with E-state index in [1.807, 2.05) is 11.3 Å². The second-order valence-electron chi connectivity index (χ2n) is 4.91. The molecule has 0 radical (unpaired) electrons. The fraction of sp³-hybridized carbons (Fsp3) is 0.750. The van der Waals surface area contributed by atoms with Crippen molar-refractivity contribution in [3.8, 4) is 0 Å². The summed E-state index contributed by atoms with van der Waals surface area (Å²) in [5.74, 6) is 0. The molecule has 1 aromatic rings. The normalized spacial score (nSPS) is 11.3. The number of halogens is 1. The maximum absolute atomic E-state index is 2.40. The van der Waals surface area contributed by atoms with Gasteiger partial charge in [-0.25, -0.2) is 0 Å². The van der Waals surface area contributed by atoms with Crippen LogP contribution >= 0.6 is 11.3 Å². The molecule has 1 nitrogen and oxygen atoms in total. The van der Waals surface area contributed by atoms with Crippen LogP contribution in [-0.2, 0) is 12.0 Å². The first kappa shape index (κ1) is 15.4. The van der Waals surface area contributed by atoms with Crippen LogP contribution in [0.1, 0.15) is 50.4 Å². The molecule has 0 aliphatic rings. The van der Waals surface area contributed by atoms with Crippen molar-refractivity contribution in [2.45, 2.75) is 59.4 Å². The molecule has 0 aliphatic heterocycles. The minimum Gasteiger partial charge on any atom is -1.00 e. The molecule has 1 rings (SSSR count). The first-order chi connectivity index (χ1) is 6.45. The summed E-state index contributed by atoms with van der Waals surface area (Å²) in [7, 11) is 0. The third kappa shape index (κ3) is 4.39. The van der Waals surface area contributed by atoms with Crippen LogP contribution in [0.5, 0.6) is 0 Å². The van der Waals surface area contributed by atoms with Crippen LogP contribution in [0.3, 0.4) is 0 Å². The van der Waals surface area contributed by atoms with Crippen molar-refractivity contribution >= 4 is 11.3 Å². The van der Waals surface area contributed by atoms with Gasteiger partial charge in [-0.2, -0.15) is 4.57 Å². The van der Waals surface area contributed by atoms with Crippen molar-refractivity contribution in [1.82, 2.24) is 0 Å². The molecule has 0 N–H and O–H groups in total. The zero-order valence-corrected chi connectivity index (χ0v) is 13.4. The zero-order valence-electron chi connectivity index (χ0n) is 10.4. The maximum Gasteiger partial charge on any atom is 0.234 e. The number of unbranched alkanes of at least 4 members (excludes halogenated alkanes) is 1. The smallest absolute Gasteiger partial charge is 0.234 e. The predicted molar refractivity (Wildman–Crippen MR) is 62.9 cm³/mol. The Labute approximate surface area is 115 Å². The van der Waals surface area contributed by atoms with E-state index in [1.165, 1.54) is 29.3 Å². The first-order valence-electron chi connectivity index (χ1n) is 5.45. The van der Waals surface area contributed by atoms with Crippen LogP contribution in [0.15, 0.2) is 6.20 Å². The van der Waals surface area contributed by atoms with Gasteiger partial charge < -0.3 is 24.0 Å². The van der Waals surface area contributed by atoms with E-state index < -0.39 is 0 Å². The molecule has 0 bridgehead atoms. The lowest BCUT2D eigenvalue weighted by Crippen LogP contribution is -3.00. The quantitative estimate of drug-likeness (QED) is 0.556. The monoisotopic (exact) mass is 339 g/mol. The predicted octanol–water partition coefficient (Wildman–Crippen LogP) is 0.446. The van der Waals surface area contributed by atoms with Crippen molar-refractivity contribution in [2.24, 2.45) is 0 Å². The van der Waals surface area contributed by atoms with Gasteiger partial charge >= 0.3 is 0 Å². The van der Waals surface area contributed by atoms with E-state index in [2.05, 4.69) is 45.4 Å². The lowest BCUT2D eigenvalue weighted by atomic mass is 9.95. The van der Waals surface area contributed by atoms with Crippen molar-refractivity contribution in [2.75, 3.05) is 0 Å². The van der Waals surface area contributed by atoms with Gasteiger partial charge in [0.05, 0.1) is 4.88 Å². The summed E-state index contributed by atoms with van der Waals surface area (Å²) in [6.07, 6.45) is 4.88. The molecule has 0 saturated heterocycles. The molecule has 0 unspecified atom stereocenters. The molecule has 0 aliphatic carbocycles. The molecule has 0 spiro atoms. The molecule has 1 aromatic heterocycles. The summed E-state index contributed by atoms with van der Waals surface area (Å²) in [6, 6.07) is 0. The van der Waals surface area contributed by atoms with Crippen LogP contribution in [0, 0.1) is 6.92 Å². The minimum atomic E-state index is 0. The lowest BCUT2D eigenvalue weighted by Gasteiger charge is -2.12. The van der Waals surface area contributed by atoms with E-state index in [-0.39, 0.29) is 24.0 Å². The van der Waals surface area contributed by atoms with Gasteiger partial charge in [0, 0.05) is 18.8 Å². The van der Waals surface area contributed by atoms with Crippen LogP contribution in [0.4, 0.5) is 0 Å². The molecule has 0 fully saturated rings. The fourth-order valence-corrected chi connectivity index (χ4v) is 2.44. The molecule has 3 heteroatoms. The second kappa shape index (κ2) is 6.18. The van der Waals surface area contributed by atoms with Crippen LogP contribution < -0.4 is 28.5 Å². The Bertz CT molecular complexity index is 299. The number of thiazole rings is 1. The largest absolute Gasteiger partial charge is 1.00 e. The van der Waals surface area contributed by atoms with Gasteiger partial charge in [-0.15, -0.1) is 0 Å². The van der Waals surface area contributed by atoms with E-state index in [0.29, 0.717) is 5.41 Å². The molecule has 0 atom stereocenters. The molecule has 88 valence electrons. The summed E-state index contributed by atoms with van der Waals surface area (Å²) in [4.78, 5) is 1.49. The minimum absolute atomic E-state index is 0. The van der Waals surface area contributed by atoms with Gasteiger partial charge in [-0.05, 0) is 0 Å². The highest BCUT2D eigenvalue weighted by Crippen LogP contribution is 2.26. The summed E-state index contributed by atoms with van der Waals surface area (Å²) in [5, 5.41) is 1.43. The Morgan fingerprint density at radius 1 is 1.33 bits per heavy atom. The molecule has 15 heavy (non-hydrogen) atoms. The number of hydrogen-bond acceptors (Lipinski definition) is 1. The van der Waals surface area contributed by atoms with Gasteiger partial charge in [0.25, 0.3) is 0 Å². The standard InChI is InChI=1S/C12H22NS.HI/c1-6-7-8-13-9-11(12(3,4)5)14-10(13)2;/h9H,6-8H2,1-5H3;1H/q+1;/p-1. The van der Waals surface area contributed by atoms with E-state index in [1.54, 1.807) is 0 Å². The van der Waals surface area contributed by atoms with E-state index in [4.69, 9.17) is 0 Å². The number of hydrogen-bond donors (Lipinski definition) is 0. The molecule has 1 heterocycles. The first-order valence-corrected chi connectivity index (χ1v) is 6.27. The number of rotatable bonds is 3. The number of aromatic nitrogens is 1. The Hall–Kier alpha value is 0.360. The SMILES string of the molecule is CCCC[n+]1cc(C(C)(C)C)sc1C.[I-]. The molecule has 0 amide bonds. The molecular formula is C12H22INS. The summed E-state index contributed by atoms with van der Waals surface area (Å²) in [5.41, 5.74) is 0.299. The maximum atomic E-state index is 2.40. The Morgan fingerprint density at radius 3 is 2.33 bits per heavy atom. The van der Waals surface area contributed by atoms with Crippen LogP contribution in [-0.4, -0.2) is 0 Å². The van der Waals surface area contributed by atoms with Crippen molar-refractivity contribution < 1.29 is 28.5 Å². The Morgan fingerprint density at radius 2 is 1.93 bits per heavy atom. The van der Waals surface area contributed by atoms with Crippen molar-refractivity contribution in [3.05, 3.63) is 16.1 Å². The van der Waals surface area contributed by atoms with Crippen molar-refractivity contribution in [1.29, 1.82) is 0 Å². The third-order valence-electron chi connectivity index (χ3n) is 2.43. The van der Waals surface area contributed by atoms with Crippen LogP contribution in [0.2, 0.25) is 0 Å². The topological polar surface area (TPSA) is 3.88 Å². The Balaban J connectivity index is 0.00000196. The van der Waals surface area contributed by atoms with Gasteiger partial charge in [-0.3, -0.25) is 0 Å². The van der Waals surface area contributed by atoms with E-state index >= 15 is 0 Å². The van der Waals surface area contributed by atoms with Gasteiger partial charge in [0.15, 0.2) is 6.20 Å². The van der Waals surface area contributed by atoms with E-state index in [0.717, 1.165) is 0 Å². The molecule has 0 aromatic carbocycles. The third-order valence-corrected chi connectivity index (χ3v) is 3.89. The van der Waals surface area contributed by atoms with Crippen molar-refractivity contribution in [3.63, 3.8) is 0 Å². The number of aryl methyl sites for hydroxylation is 2. The summed E-state index contributed by atoms with van der Waals surface area (Å²) >= 11 is 1.93. The zero-order chi connectivity index (χ0) is 10.8. The second-order valence-corrected chi connectivity index (χ2v) is 6.15. The van der Waals surface area contributed by atoms with Gasteiger partial charge in [0.2, 0.25) is 5.01 Å². The van der Waals surface area contributed by atoms with E-state index in [9.17, 15) is 0 Å². The van der Waals surface area contributed by atoms with Crippen LogP contribution in [0.25, 0.3) is 0 Å². The summed E-state index contributed by atoms with van der Waals surface area (Å²) in [6.45, 7) is 12.5. The fourth-order valence-electron chi connectivity index (χ4n) is 1.37. The molecule has 0 saturated carbocycles. The summed E-state index contributed by atoms with van der Waals surface area (Å²) < 4.78 is 2.40. The average Bonchev–Trinajstić information content (AvgIpc) is 2.43. The Kier molecular flexibility index (Phi) is 6.33. The highest BCUT2D eigenvalue weighted by molar-refractivity contribution is 7.11.